The number of ether oxygens (including phenoxy) is 2. The molecule has 6 heteroatoms. The number of carbonyl (C=O) groups excluding carboxylic acids is 1. The van der Waals surface area contributed by atoms with Crippen LogP contribution in [0.4, 0.5) is 5.69 Å². The number of carbonyl (C=O) groups is 1. The van der Waals surface area contributed by atoms with Crippen molar-refractivity contribution in [2.45, 2.75) is 19.9 Å². The van der Waals surface area contributed by atoms with Gasteiger partial charge in [0.1, 0.15) is 13.2 Å². The van der Waals surface area contributed by atoms with Gasteiger partial charge in [0.2, 0.25) is 0 Å². The fourth-order valence-corrected chi connectivity index (χ4v) is 4.09. The number of nitrogens with one attached hydrogen (secondary N) is 1. The fourth-order valence-electron chi connectivity index (χ4n) is 4.09. The van der Waals surface area contributed by atoms with Crippen molar-refractivity contribution in [2.24, 2.45) is 0 Å². The predicted molar refractivity (Wildman–Crippen MR) is 112 cm³/mol. The van der Waals surface area contributed by atoms with Crippen molar-refractivity contribution in [2.75, 3.05) is 31.6 Å². The number of amides is 1. The third kappa shape index (κ3) is 3.29. The van der Waals surface area contributed by atoms with E-state index in [0.717, 1.165) is 53.8 Å². The summed E-state index contributed by atoms with van der Waals surface area (Å²) < 4.78 is 11.2. The molecule has 1 aromatic heterocycles. The molecule has 1 amide bonds. The Labute approximate surface area is 169 Å². The number of para-hydroxylation sites is 1. The maximum Gasteiger partial charge on any atom is 0.256 e. The minimum atomic E-state index is -0.116. The van der Waals surface area contributed by atoms with Crippen molar-refractivity contribution in [3.05, 3.63) is 59.3 Å². The Morgan fingerprint density at radius 2 is 1.97 bits per heavy atom. The quantitative estimate of drug-likeness (QED) is 0.741. The third-order valence-electron chi connectivity index (χ3n) is 5.60. The molecule has 1 N–H and O–H groups in total. The lowest BCUT2D eigenvalue weighted by Gasteiger charge is -2.29. The van der Waals surface area contributed by atoms with E-state index in [4.69, 9.17) is 14.5 Å². The van der Waals surface area contributed by atoms with Crippen molar-refractivity contribution in [1.29, 1.82) is 0 Å². The molecule has 148 valence electrons. The molecule has 0 unspecified atom stereocenters. The van der Waals surface area contributed by atoms with Gasteiger partial charge >= 0.3 is 0 Å². The summed E-state index contributed by atoms with van der Waals surface area (Å²) >= 11 is 0. The SMILES string of the molecule is CCN1CCc2nc3ccccc3c(C(=O)Nc3ccc4c(c3)OCCO4)c2C1. The highest BCUT2D eigenvalue weighted by Gasteiger charge is 2.25. The summed E-state index contributed by atoms with van der Waals surface area (Å²) in [6, 6.07) is 13.4. The van der Waals surface area contributed by atoms with Crippen LogP contribution < -0.4 is 14.8 Å². The van der Waals surface area contributed by atoms with E-state index in [0.29, 0.717) is 30.4 Å². The van der Waals surface area contributed by atoms with Crippen molar-refractivity contribution in [3.63, 3.8) is 0 Å². The summed E-state index contributed by atoms with van der Waals surface area (Å²) in [5, 5.41) is 3.95. The monoisotopic (exact) mass is 389 g/mol. The van der Waals surface area contributed by atoms with Crippen molar-refractivity contribution in [3.8, 4) is 11.5 Å². The second kappa shape index (κ2) is 7.37. The molecule has 0 saturated heterocycles. The number of hydrogen-bond acceptors (Lipinski definition) is 5. The average molecular weight is 389 g/mol. The Hall–Kier alpha value is -3.12. The molecular weight excluding hydrogens is 366 g/mol. The molecule has 0 spiro atoms. The average Bonchev–Trinajstić information content (AvgIpc) is 2.76. The molecule has 2 aromatic carbocycles. The van der Waals surface area contributed by atoms with Gasteiger partial charge in [0, 0.05) is 47.9 Å². The number of anilines is 1. The molecule has 0 aliphatic carbocycles. The standard InChI is InChI=1S/C23H23N3O3/c1-2-26-10-9-19-17(14-26)22(16-5-3-4-6-18(16)25-19)23(27)24-15-7-8-20-21(13-15)29-12-11-28-20/h3-8,13H,2,9-12,14H2,1H3,(H,24,27). The molecule has 3 aromatic rings. The number of fused-ring (bicyclic) bond motifs is 3. The third-order valence-corrected chi connectivity index (χ3v) is 5.60. The smallest absolute Gasteiger partial charge is 0.256 e. The summed E-state index contributed by atoms with van der Waals surface area (Å²) in [5.41, 5.74) is 4.34. The van der Waals surface area contributed by atoms with Crippen LogP contribution in [0.2, 0.25) is 0 Å². The number of benzene rings is 2. The van der Waals surface area contributed by atoms with Crippen LogP contribution >= 0.6 is 0 Å². The predicted octanol–water partition coefficient (Wildman–Crippen LogP) is 3.64. The van der Waals surface area contributed by atoms with E-state index in [2.05, 4.69) is 17.1 Å². The molecule has 6 nitrogen and oxygen atoms in total. The number of pyridine rings is 1. The topological polar surface area (TPSA) is 63.7 Å². The van der Waals surface area contributed by atoms with Crippen LogP contribution in [0, 0.1) is 0 Å². The van der Waals surface area contributed by atoms with E-state index in [1.54, 1.807) is 0 Å². The number of nitrogens with zero attached hydrogens (tertiary/aromatic N) is 2. The summed E-state index contributed by atoms with van der Waals surface area (Å²) in [7, 11) is 0. The summed E-state index contributed by atoms with van der Waals surface area (Å²) in [4.78, 5) is 20.6. The molecular formula is C23H23N3O3. The van der Waals surface area contributed by atoms with Gasteiger partial charge < -0.3 is 14.8 Å². The van der Waals surface area contributed by atoms with E-state index in [9.17, 15) is 4.79 Å². The minimum Gasteiger partial charge on any atom is -0.486 e. The van der Waals surface area contributed by atoms with Crippen molar-refractivity contribution < 1.29 is 14.3 Å². The van der Waals surface area contributed by atoms with Crippen LogP contribution in [-0.2, 0) is 13.0 Å². The van der Waals surface area contributed by atoms with Gasteiger partial charge in [-0.2, -0.15) is 0 Å². The lowest BCUT2D eigenvalue weighted by atomic mass is 9.95. The van der Waals surface area contributed by atoms with Gasteiger partial charge in [0.15, 0.2) is 11.5 Å². The summed E-state index contributed by atoms with van der Waals surface area (Å²) in [6.07, 6.45) is 0.859. The second-order valence-electron chi connectivity index (χ2n) is 7.36. The highest BCUT2D eigenvalue weighted by molar-refractivity contribution is 6.13. The van der Waals surface area contributed by atoms with Gasteiger partial charge in [-0.15, -0.1) is 0 Å². The molecule has 0 saturated carbocycles. The molecule has 0 fully saturated rings. The number of likely N-dealkylation sites (N-methyl/N-ethyl adjacent to an activating group) is 1. The van der Waals surface area contributed by atoms with Crippen LogP contribution in [0.5, 0.6) is 11.5 Å². The first-order valence-electron chi connectivity index (χ1n) is 10.1. The molecule has 2 aliphatic heterocycles. The zero-order valence-electron chi connectivity index (χ0n) is 16.4. The number of aromatic nitrogens is 1. The summed E-state index contributed by atoms with van der Waals surface area (Å²) in [6.45, 7) is 5.87. The van der Waals surface area contributed by atoms with Gasteiger partial charge in [-0.25, -0.2) is 0 Å². The van der Waals surface area contributed by atoms with E-state index in [1.165, 1.54) is 0 Å². The highest BCUT2D eigenvalue weighted by atomic mass is 16.6. The summed E-state index contributed by atoms with van der Waals surface area (Å²) in [5.74, 6) is 1.25. The maximum absolute atomic E-state index is 13.4. The van der Waals surface area contributed by atoms with Crippen LogP contribution in [0.15, 0.2) is 42.5 Å². The van der Waals surface area contributed by atoms with Crippen LogP contribution in [-0.4, -0.2) is 42.1 Å². The van der Waals surface area contributed by atoms with E-state index in [-0.39, 0.29) is 5.91 Å². The van der Waals surface area contributed by atoms with Gasteiger partial charge in [0.25, 0.3) is 5.91 Å². The molecule has 5 rings (SSSR count). The van der Waals surface area contributed by atoms with Crippen LogP contribution in [0.1, 0.15) is 28.5 Å². The molecule has 0 atom stereocenters. The Kier molecular flexibility index (Phi) is 4.56. The number of hydrogen-bond donors (Lipinski definition) is 1. The second-order valence-corrected chi connectivity index (χ2v) is 7.36. The molecule has 0 bridgehead atoms. The first kappa shape index (κ1) is 17.9. The first-order chi connectivity index (χ1) is 14.2. The Balaban J connectivity index is 1.56. The zero-order chi connectivity index (χ0) is 19.8. The van der Waals surface area contributed by atoms with Crippen molar-refractivity contribution in [1.82, 2.24) is 9.88 Å². The highest BCUT2D eigenvalue weighted by Crippen LogP contribution is 2.34. The van der Waals surface area contributed by atoms with E-state index in [1.807, 2.05) is 42.5 Å². The van der Waals surface area contributed by atoms with Gasteiger partial charge in [-0.1, -0.05) is 25.1 Å². The minimum absolute atomic E-state index is 0.116. The first-order valence-corrected chi connectivity index (χ1v) is 10.1. The lowest BCUT2D eigenvalue weighted by molar-refractivity contribution is 0.102. The molecule has 3 heterocycles. The molecule has 0 radical (unpaired) electrons. The molecule has 29 heavy (non-hydrogen) atoms. The number of rotatable bonds is 3. The lowest BCUT2D eigenvalue weighted by Crippen LogP contribution is -2.33. The fraction of sp³-hybridized carbons (Fsp3) is 0.304. The van der Waals surface area contributed by atoms with Gasteiger partial charge in [-0.3, -0.25) is 14.7 Å². The zero-order valence-corrected chi connectivity index (χ0v) is 16.4. The largest absolute Gasteiger partial charge is 0.486 e. The van der Waals surface area contributed by atoms with E-state index >= 15 is 0 Å². The van der Waals surface area contributed by atoms with Crippen molar-refractivity contribution >= 4 is 22.5 Å². The molecule has 2 aliphatic rings. The van der Waals surface area contributed by atoms with Crippen LogP contribution in [0.3, 0.4) is 0 Å². The normalized spacial score (nSPS) is 15.8. The van der Waals surface area contributed by atoms with E-state index < -0.39 is 0 Å². The van der Waals surface area contributed by atoms with Crippen LogP contribution in [0.25, 0.3) is 10.9 Å². The van der Waals surface area contributed by atoms with Gasteiger partial charge in [-0.05, 0) is 24.7 Å². The Morgan fingerprint density at radius 3 is 2.83 bits per heavy atom. The van der Waals surface area contributed by atoms with Gasteiger partial charge in [0.05, 0.1) is 11.1 Å². The Bertz CT molecular complexity index is 1100. The maximum atomic E-state index is 13.4. The Morgan fingerprint density at radius 1 is 1.14 bits per heavy atom.